The van der Waals surface area contributed by atoms with Crippen molar-refractivity contribution in [3.63, 3.8) is 0 Å². The minimum Gasteiger partial charge on any atom is -0.350 e. The minimum absolute atomic E-state index is 0.00268. The Hall–Kier alpha value is -0.870. The molecular weight excluding hydrogens is 184 g/mol. The molecule has 3 nitrogen and oxygen atoms in total. The number of nitrogens with one attached hydrogen (secondary N) is 1. The summed E-state index contributed by atoms with van der Waals surface area (Å²) in [6.07, 6.45) is 0. The lowest BCUT2D eigenvalue weighted by Gasteiger charge is -2.06. The molecule has 1 aromatic rings. The number of carbonyl (C=O) groups excluding carboxylic acids is 1. The van der Waals surface area contributed by atoms with Gasteiger partial charge in [0, 0.05) is 18.0 Å². The molecule has 1 atom stereocenters. The number of nitrogens with two attached hydrogens (primary N) is 1. The fraction of sp³-hybridized carbons (Fsp3) is 0.444. The first-order chi connectivity index (χ1) is 6.11. The molecule has 0 spiro atoms. The lowest BCUT2D eigenvalue weighted by Crippen LogP contribution is -2.35. The van der Waals surface area contributed by atoms with E-state index in [1.54, 1.807) is 0 Å². The number of amides is 1. The second kappa shape index (κ2) is 4.39. The van der Waals surface area contributed by atoms with Gasteiger partial charge in [0.25, 0.3) is 5.91 Å². The van der Waals surface area contributed by atoms with E-state index in [1.165, 1.54) is 11.3 Å². The van der Waals surface area contributed by atoms with E-state index < -0.39 is 0 Å². The molecule has 1 aromatic heterocycles. The van der Waals surface area contributed by atoms with Crippen LogP contribution in [-0.2, 0) is 0 Å². The van der Waals surface area contributed by atoms with Gasteiger partial charge in [-0.2, -0.15) is 11.3 Å². The molecule has 1 amide bonds. The molecule has 0 aliphatic carbocycles. The van der Waals surface area contributed by atoms with E-state index in [-0.39, 0.29) is 11.9 Å². The van der Waals surface area contributed by atoms with Crippen molar-refractivity contribution in [3.05, 3.63) is 21.9 Å². The highest BCUT2D eigenvalue weighted by molar-refractivity contribution is 7.08. The van der Waals surface area contributed by atoms with Gasteiger partial charge in [0.2, 0.25) is 0 Å². The molecule has 3 N–H and O–H groups in total. The summed E-state index contributed by atoms with van der Waals surface area (Å²) in [5.41, 5.74) is 7.30. The average Bonchev–Trinajstić information content (AvgIpc) is 2.47. The van der Waals surface area contributed by atoms with Gasteiger partial charge >= 0.3 is 0 Å². The van der Waals surface area contributed by atoms with E-state index >= 15 is 0 Å². The van der Waals surface area contributed by atoms with Crippen LogP contribution in [0.1, 0.15) is 22.8 Å². The monoisotopic (exact) mass is 198 g/mol. The summed E-state index contributed by atoms with van der Waals surface area (Å²) >= 11 is 1.54. The summed E-state index contributed by atoms with van der Waals surface area (Å²) in [7, 11) is 0. The van der Waals surface area contributed by atoms with Gasteiger partial charge in [-0.15, -0.1) is 0 Å². The molecule has 0 aliphatic heterocycles. The van der Waals surface area contributed by atoms with E-state index in [4.69, 9.17) is 5.73 Å². The second-order valence-corrected chi connectivity index (χ2v) is 3.90. The number of thiophene rings is 1. The summed E-state index contributed by atoms with van der Waals surface area (Å²) in [5.74, 6) is -0.0314. The molecule has 0 aromatic carbocycles. The molecule has 0 fully saturated rings. The minimum atomic E-state index is -0.0314. The fourth-order valence-electron chi connectivity index (χ4n) is 0.942. The molecule has 0 saturated heterocycles. The van der Waals surface area contributed by atoms with Gasteiger partial charge in [-0.1, -0.05) is 0 Å². The number of aryl methyl sites for hydroxylation is 1. The molecule has 4 heteroatoms. The average molecular weight is 198 g/mol. The number of hydrogen-bond acceptors (Lipinski definition) is 3. The highest BCUT2D eigenvalue weighted by atomic mass is 32.1. The lowest BCUT2D eigenvalue weighted by molar-refractivity contribution is 0.0951. The summed E-state index contributed by atoms with van der Waals surface area (Å²) in [6.45, 7) is 4.31. The van der Waals surface area contributed by atoms with E-state index in [2.05, 4.69) is 5.32 Å². The van der Waals surface area contributed by atoms with Crippen LogP contribution in [0.25, 0.3) is 0 Å². The predicted molar refractivity (Wildman–Crippen MR) is 55.0 cm³/mol. The van der Waals surface area contributed by atoms with E-state index in [0.717, 1.165) is 11.1 Å². The Labute approximate surface area is 81.9 Å². The predicted octanol–water partition coefficient (Wildman–Crippen LogP) is 1.13. The maximum atomic E-state index is 11.5. The first-order valence-corrected chi connectivity index (χ1v) is 5.12. The quantitative estimate of drug-likeness (QED) is 0.765. The van der Waals surface area contributed by atoms with Gasteiger partial charge in [0.15, 0.2) is 0 Å². The third-order valence-corrected chi connectivity index (χ3v) is 2.55. The van der Waals surface area contributed by atoms with E-state index in [1.807, 2.05) is 24.6 Å². The molecule has 0 bridgehead atoms. The molecule has 0 radical (unpaired) electrons. The van der Waals surface area contributed by atoms with Crippen LogP contribution in [-0.4, -0.2) is 18.5 Å². The van der Waals surface area contributed by atoms with Crippen LogP contribution in [0.4, 0.5) is 0 Å². The number of rotatable bonds is 3. The van der Waals surface area contributed by atoms with Crippen LogP contribution in [0.5, 0.6) is 0 Å². The Bertz CT molecular complexity index is 294. The molecular formula is C9H14N2OS. The number of hydrogen-bond donors (Lipinski definition) is 2. The van der Waals surface area contributed by atoms with Crippen molar-refractivity contribution < 1.29 is 4.79 Å². The van der Waals surface area contributed by atoms with Crippen LogP contribution in [0.3, 0.4) is 0 Å². The molecule has 13 heavy (non-hydrogen) atoms. The summed E-state index contributed by atoms with van der Waals surface area (Å²) < 4.78 is 0. The van der Waals surface area contributed by atoms with Crippen LogP contribution >= 0.6 is 11.3 Å². The molecule has 0 saturated carbocycles. The summed E-state index contributed by atoms with van der Waals surface area (Å²) in [5, 5.41) is 6.58. The van der Waals surface area contributed by atoms with Crippen LogP contribution in [0.15, 0.2) is 10.8 Å². The number of carbonyl (C=O) groups is 1. The standard InChI is InChI=1S/C9H14N2OS/c1-6-4-13-5-8(6)9(12)11-3-7(2)10/h4-5,7H,3,10H2,1-2H3,(H,11,12). The van der Waals surface area contributed by atoms with Crippen molar-refractivity contribution in [1.82, 2.24) is 5.32 Å². The normalized spacial score (nSPS) is 12.5. The van der Waals surface area contributed by atoms with Crippen molar-refractivity contribution in [2.45, 2.75) is 19.9 Å². The van der Waals surface area contributed by atoms with Crippen molar-refractivity contribution >= 4 is 17.2 Å². The maximum Gasteiger partial charge on any atom is 0.252 e. The zero-order valence-electron chi connectivity index (χ0n) is 7.83. The van der Waals surface area contributed by atoms with Gasteiger partial charge in [-0.3, -0.25) is 4.79 Å². The van der Waals surface area contributed by atoms with Crippen molar-refractivity contribution in [3.8, 4) is 0 Å². The Morgan fingerprint density at radius 3 is 2.85 bits per heavy atom. The van der Waals surface area contributed by atoms with Gasteiger partial charge in [-0.25, -0.2) is 0 Å². The fourth-order valence-corrected chi connectivity index (χ4v) is 1.77. The van der Waals surface area contributed by atoms with E-state index in [0.29, 0.717) is 6.54 Å². The topological polar surface area (TPSA) is 55.1 Å². The summed E-state index contributed by atoms with van der Waals surface area (Å²) in [6, 6.07) is 0.00268. The zero-order chi connectivity index (χ0) is 9.84. The molecule has 0 aliphatic rings. The van der Waals surface area contributed by atoms with Gasteiger partial charge in [0.1, 0.15) is 0 Å². The van der Waals surface area contributed by atoms with Crippen LogP contribution < -0.4 is 11.1 Å². The maximum absolute atomic E-state index is 11.5. The third kappa shape index (κ3) is 2.82. The zero-order valence-corrected chi connectivity index (χ0v) is 8.65. The van der Waals surface area contributed by atoms with Crippen LogP contribution in [0.2, 0.25) is 0 Å². The van der Waals surface area contributed by atoms with Crippen molar-refractivity contribution in [2.75, 3.05) is 6.54 Å². The molecule has 1 rings (SSSR count). The first kappa shape index (κ1) is 10.2. The Kier molecular flexibility index (Phi) is 3.45. The van der Waals surface area contributed by atoms with Gasteiger partial charge in [-0.05, 0) is 24.8 Å². The molecule has 1 heterocycles. The highest BCUT2D eigenvalue weighted by Gasteiger charge is 2.09. The smallest absolute Gasteiger partial charge is 0.252 e. The van der Waals surface area contributed by atoms with Crippen molar-refractivity contribution in [1.29, 1.82) is 0 Å². The first-order valence-electron chi connectivity index (χ1n) is 4.18. The second-order valence-electron chi connectivity index (χ2n) is 3.16. The third-order valence-electron chi connectivity index (χ3n) is 1.68. The molecule has 1 unspecified atom stereocenters. The van der Waals surface area contributed by atoms with Gasteiger partial charge in [0.05, 0.1) is 5.56 Å². The largest absolute Gasteiger partial charge is 0.350 e. The summed E-state index contributed by atoms with van der Waals surface area (Å²) in [4.78, 5) is 11.5. The van der Waals surface area contributed by atoms with Gasteiger partial charge < -0.3 is 11.1 Å². The van der Waals surface area contributed by atoms with Crippen LogP contribution in [0, 0.1) is 6.92 Å². The highest BCUT2D eigenvalue weighted by Crippen LogP contribution is 2.12. The molecule has 72 valence electrons. The Balaban J connectivity index is 2.54. The lowest BCUT2D eigenvalue weighted by atomic mass is 10.2. The Morgan fingerprint density at radius 1 is 1.69 bits per heavy atom. The Morgan fingerprint density at radius 2 is 2.38 bits per heavy atom. The SMILES string of the molecule is Cc1cscc1C(=O)NCC(C)N. The van der Waals surface area contributed by atoms with Crippen molar-refractivity contribution in [2.24, 2.45) is 5.73 Å². The van der Waals surface area contributed by atoms with E-state index in [9.17, 15) is 4.79 Å².